The lowest BCUT2D eigenvalue weighted by Crippen LogP contribution is -2.20. The predicted octanol–water partition coefficient (Wildman–Crippen LogP) is 3.28. The number of aromatic nitrogens is 2. The van der Waals surface area contributed by atoms with Crippen LogP contribution in [0.2, 0.25) is 5.02 Å². The summed E-state index contributed by atoms with van der Waals surface area (Å²) in [5.74, 6) is 0. The van der Waals surface area contributed by atoms with Gasteiger partial charge in [-0.25, -0.2) is 4.98 Å². The number of halogens is 1. The monoisotopic (exact) mass is 263 g/mol. The lowest BCUT2D eigenvalue weighted by molar-refractivity contribution is 0.526. The van der Waals surface area contributed by atoms with Crippen molar-refractivity contribution in [3.05, 3.63) is 53.6 Å². The minimum atomic E-state index is 0.325. The Balaban J connectivity index is 1.73. The van der Waals surface area contributed by atoms with E-state index in [1.165, 1.54) is 5.56 Å². The maximum Gasteiger partial charge on any atom is 0.0945 e. The van der Waals surface area contributed by atoms with E-state index >= 15 is 0 Å². The quantitative estimate of drug-likeness (QED) is 0.811. The Morgan fingerprint density at radius 1 is 1.44 bits per heavy atom. The molecule has 2 aromatic rings. The highest BCUT2D eigenvalue weighted by Crippen LogP contribution is 2.17. The zero-order valence-electron chi connectivity index (χ0n) is 10.5. The zero-order valence-corrected chi connectivity index (χ0v) is 11.3. The molecule has 3 nitrogen and oxygen atoms in total. The maximum absolute atomic E-state index is 5.98. The summed E-state index contributed by atoms with van der Waals surface area (Å²) in [7, 11) is 0. The van der Waals surface area contributed by atoms with E-state index in [9.17, 15) is 0 Å². The average molecular weight is 264 g/mol. The fourth-order valence-electron chi connectivity index (χ4n) is 1.89. The van der Waals surface area contributed by atoms with Gasteiger partial charge >= 0.3 is 0 Å². The van der Waals surface area contributed by atoms with Gasteiger partial charge in [-0.15, -0.1) is 0 Å². The summed E-state index contributed by atoms with van der Waals surface area (Å²) in [5.41, 5.74) is 1.23. The smallest absolute Gasteiger partial charge is 0.0945 e. The van der Waals surface area contributed by atoms with Gasteiger partial charge in [0.15, 0.2) is 0 Å². The van der Waals surface area contributed by atoms with Crippen molar-refractivity contribution in [2.24, 2.45) is 0 Å². The van der Waals surface area contributed by atoms with Crippen LogP contribution in [0.5, 0.6) is 0 Å². The lowest BCUT2D eigenvalue weighted by Gasteiger charge is -2.14. The summed E-state index contributed by atoms with van der Waals surface area (Å²) in [4.78, 5) is 4.02. The molecule has 0 aliphatic heterocycles. The van der Waals surface area contributed by atoms with Gasteiger partial charge in [0.05, 0.1) is 6.33 Å². The number of rotatable bonds is 6. The Morgan fingerprint density at radius 2 is 2.33 bits per heavy atom. The summed E-state index contributed by atoms with van der Waals surface area (Å²) in [6.07, 6.45) is 6.73. The number of hydrogen-bond donors (Lipinski definition) is 1. The van der Waals surface area contributed by atoms with Crippen molar-refractivity contribution in [3.8, 4) is 0 Å². The first-order chi connectivity index (χ1) is 8.75. The fourth-order valence-corrected chi connectivity index (χ4v) is 2.09. The van der Waals surface area contributed by atoms with Gasteiger partial charge in [-0.1, -0.05) is 23.7 Å². The molecule has 1 atom stereocenters. The Bertz CT molecular complexity index is 468. The van der Waals surface area contributed by atoms with Crippen molar-refractivity contribution in [1.29, 1.82) is 0 Å². The molecule has 4 heteroatoms. The van der Waals surface area contributed by atoms with Crippen molar-refractivity contribution in [3.63, 3.8) is 0 Å². The second kappa shape index (κ2) is 6.57. The summed E-state index contributed by atoms with van der Waals surface area (Å²) < 4.78 is 2.09. The highest BCUT2D eigenvalue weighted by molar-refractivity contribution is 6.30. The second-order valence-corrected chi connectivity index (χ2v) is 4.82. The SMILES string of the molecule is C[C@H](NCCCn1ccnc1)c1cccc(Cl)c1. The molecule has 0 fully saturated rings. The molecule has 0 aliphatic rings. The van der Waals surface area contributed by atoms with Gasteiger partial charge in [-0.05, 0) is 37.6 Å². The van der Waals surface area contributed by atoms with E-state index in [0.29, 0.717) is 6.04 Å². The lowest BCUT2D eigenvalue weighted by atomic mass is 10.1. The van der Waals surface area contributed by atoms with Crippen LogP contribution in [0.4, 0.5) is 0 Å². The number of nitrogens with zero attached hydrogens (tertiary/aromatic N) is 2. The molecule has 0 bridgehead atoms. The van der Waals surface area contributed by atoms with Gasteiger partial charge in [-0.2, -0.15) is 0 Å². The molecule has 1 heterocycles. The number of imidazole rings is 1. The third-order valence-electron chi connectivity index (χ3n) is 2.95. The first-order valence-corrected chi connectivity index (χ1v) is 6.58. The molecule has 96 valence electrons. The van der Waals surface area contributed by atoms with Gasteiger partial charge in [0.2, 0.25) is 0 Å². The zero-order chi connectivity index (χ0) is 12.8. The molecule has 1 aromatic carbocycles. The van der Waals surface area contributed by atoms with Crippen LogP contribution in [-0.2, 0) is 6.54 Å². The molecule has 0 radical (unpaired) electrons. The Morgan fingerprint density at radius 3 is 3.06 bits per heavy atom. The highest BCUT2D eigenvalue weighted by atomic mass is 35.5. The van der Waals surface area contributed by atoms with Crippen molar-refractivity contribution < 1.29 is 0 Å². The third-order valence-corrected chi connectivity index (χ3v) is 3.19. The summed E-state index contributed by atoms with van der Waals surface area (Å²) in [6.45, 7) is 4.13. The minimum Gasteiger partial charge on any atom is -0.337 e. The van der Waals surface area contributed by atoms with E-state index < -0.39 is 0 Å². The molecule has 1 N–H and O–H groups in total. The van der Waals surface area contributed by atoms with Gasteiger partial charge in [-0.3, -0.25) is 0 Å². The molecule has 0 aliphatic carbocycles. The van der Waals surface area contributed by atoms with Crippen LogP contribution >= 0.6 is 11.6 Å². The van der Waals surface area contributed by atoms with Crippen molar-refractivity contribution in [2.45, 2.75) is 25.9 Å². The summed E-state index contributed by atoms with van der Waals surface area (Å²) in [6, 6.07) is 8.32. The number of benzene rings is 1. The molecule has 0 amide bonds. The van der Waals surface area contributed by atoms with Crippen LogP contribution in [0.3, 0.4) is 0 Å². The minimum absolute atomic E-state index is 0.325. The van der Waals surface area contributed by atoms with Crippen LogP contribution in [-0.4, -0.2) is 16.1 Å². The largest absolute Gasteiger partial charge is 0.337 e. The summed E-state index contributed by atoms with van der Waals surface area (Å²) >= 11 is 5.98. The molecule has 0 saturated heterocycles. The van der Waals surface area contributed by atoms with E-state index in [1.54, 1.807) is 0 Å². The molecule has 0 unspecified atom stereocenters. The van der Waals surface area contributed by atoms with Gasteiger partial charge in [0.1, 0.15) is 0 Å². The molecule has 1 aromatic heterocycles. The van der Waals surface area contributed by atoms with Crippen LogP contribution < -0.4 is 5.32 Å². The summed E-state index contributed by atoms with van der Waals surface area (Å²) in [5, 5.41) is 4.29. The topological polar surface area (TPSA) is 29.9 Å². The molecule has 0 spiro atoms. The van der Waals surface area contributed by atoms with Gasteiger partial charge in [0, 0.05) is 30.0 Å². The van der Waals surface area contributed by atoms with E-state index in [0.717, 1.165) is 24.5 Å². The Kier molecular flexibility index (Phi) is 4.79. The van der Waals surface area contributed by atoms with Crippen LogP contribution in [0.1, 0.15) is 24.9 Å². The first-order valence-electron chi connectivity index (χ1n) is 6.20. The first kappa shape index (κ1) is 13.1. The molecule has 18 heavy (non-hydrogen) atoms. The fraction of sp³-hybridized carbons (Fsp3) is 0.357. The normalized spacial score (nSPS) is 12.6. The van der Waals surface area contributed by atoms with Crippen molar-refractivity contribution in [1.82, 2.24) is 14.9 Å². The molecule has 2 rings (SSSR count). The average Bonchev–Trinajstić information content (AvgIpc) is 2.87. The van der Waals surface area contributed by atoms with Crippen LogP contribution in [0, 0.1) is 0 Å². The number of aryl methyl sites for hydroxylation is 1. The molecule has 0 saturated carbocycles. The van der Waals surface area contributed by atoms with E-state index in [2.05, 4.69) is 27.9 Å². The van der Waals surface area contributed by atoms with Crippen LogP contribution in [0.15, 0.2) is 43.0 Å². The predicted molar refractivity (Wildman–Crippen MR) is 74.7 cm³/mol. The maximum atomic E-state index is 5.98. The number of nitrogens with one attached hydrogen (secondary N) is 1. The van der Waals surface area contributed by atoms with E-state index in [-0.39, 0.29) is 0 Å². The Labute approximate surface area is 113 Å². The van der Waals surface area contributed by atoms with Crippen LogP contribution in [0.25, 0.3) is 0 Å². The highest BCUT2D eigenvalue weighted by Gasteiger charge is 2.04. The van der Waals surface area contributed by atoms with Gasteiger partial charge < -0.3 is 9.88 Å². The third kappa shape index (κ3) is 3.86. The van der Waals surface area contributed by atoms with Crippen molar-refractivity contribution >= 4 is 11.6 Å². The van der Waals surface area contributed by atoms with Gasteiger partial charge in [0.25, 0.3) is 0 Å². The molecular weight excluding hydrogens is 246 g/mol. The molecular formula is C14H18ClN3. The second-order valence-electron chi connectivity index (χ2n) is 4.38. The Hall–Kier alpha value is -1.32. The number of hydrogen-bond acceptors (Lipinski definition) is 2. The van der Waals surface area contributed by atoms with E-state index in [4.69, 9.17) is 11.6 Å². The van der Waals surface area contributed by atoms with Crippen molar-refractivity contribution in [2.75, 3.05) is 6.54 Å². The van der Waals surface area contributed by atoms with E-state index in [1.807, 2.05) is 36.9 Å². The standard InChI is InChI=1S/C14H18ClN3/c1-12(13-4-2-5-14(15)10-13)17-6-3-8-18-9-7-16-11-18/h2,4-5,7,9-12,17H,3,6,8H2,1H3/t12-/m0/s1.